The van der Waals surface area contributed by atoms with E-state index in [-0.39, 0.29) is 5.82 Å². The zero-order chi connectivity index (χ0) is 19.8. The van der Waals surface area contributed by atoms with E-state index in [4.69, 9.17) is 0 Å². The van der Waals surface area contributed by atoms with Gasteiger partial charge < -0.3 is 14.8 Å². The molecule has 3 nitrogen and oxygen atoms in total. The van der Waals surface area contributed by atoms with Gasteiger partial charge in [-0.1, -0.05) is 36.4 Å². The predicted octanol–water partition coefficient (Wildman–Crippen LogP) is 4.17. The fourth-order valence-corrected chi connectivity index (χ4v) is 5.60. The van der Waals surface area contributed by atoms with Crippen molar-refractivity contribution in [3.05, 3.63) is 88.0 Å². The first-order valence-corrected chi connectivity index (χ1v) is 11.0. The molecule has 2 aromatic carbocycles. The van der Waals surface area contributed by atoms with Crippen LogP contribution in [-0.2, 0) is 0 Å². The molecule has 1 aliphatic rings. The zero-order valence-electron chi connectivity index (χ0n) is 16.5. The fraction of sp³-hybridized carbons (Fsp3) is 0.250. The van der Waals surface area contributed by atoms with Crippen molar-refractivity contribution in [2.45, 2.75) is 13.0 Å². The number of hydrogen-bond donors (Lipinski definition) is 2. The number of aryl methyl sites for hydroxylation is 1. The lowest BCUT2D eigenvalue weighted by Crippen LogP contribution is -3.15. The van der Waals surface area contributed by atoms with Crippen LogP contribution >= 0.6 is 11.3 Å². The highest BCUT2D eigenvalue weighted by Gasteiger charge is 2.34. The maximum absolute atomic E-state index is 14.3. The van der Waals surface area contributed by atoms with Crippen molar-refractivity contribution in [1.82, 2.24) is 4.98 Å². The summed E-state index contributed by atoms with van der Waals surface area (Å²) in [6.07, 6.45) is 0. The molecule has 1 fully saturated rings. The highest BCUT2D eigenvalue weighted by atomic mass is 32.1. The van der Waals surface area contributed by atoms with E-state index < -0.39 is 0 Å². The molecule has 2 aromatic heterocycles. The second-order valence-corrected chi connectivity index (χ2v) is 8.73. The number of hydrogen-bond acceptors (Lipinski definition) is 2. The second kappa shape index (κ2) is 7.65. The van der Waals surface area contributed by atoms with Crippen LogP contribution in [0.1, 0.15) is 22.2 Å². The summed E-state index contributed by atoms with van der Waals surface area (Å²) in [7, 11) is 0. The average Bonchev–Trinajstić information content (AvgIpc) is 3.38. The molecule has 1 aliphatic heterocycles. The van der Waals surface area contributed by atoms with E-state index in [2.05, 4.69) is 58.6 Å². The van der Waals surface area contributed by atoms with Crippen LogP contribution in [-0.4, -0.2) is 31.2 Å². The van der Waals surface area contributed by atoms with E-state index in [0.29, 0.717) is 6.04 Å². The molecule has 29 heavy (non-hydrogen) atoms. The van der Waals surface area contributed by atoms with Crippen LogP contribution in [0.3, 0.4) is 0 Å². The minimum atomic E-state index is -0.127. The first-order valence-electron chi connectivity index (χ1n) is 10.2. The number of H-pyrrole nitrogens is 1. The summed E-state index contributed by atoms with van der Waals surface area (Å²) < 4.78 is 14.3. The monoisotopic (exact) mass is 406 g/mol. The molecule has 1 saturated heterocycles. The van der Waals surface area contributed by atoms with Crippen LogP contribution in [0.5, 0.6) is 0 Å². The highest BCUT2D eigenvalue weighted by molar-refractivity contribution is 7.10. The van der Waals surface area contributed by atoms with Crippen molar-refractivity contribution in [3.8, 4) is 0 Å². The van der Waals surface area contributed by atoms with Crippen LogP contribution in [0.15, 0.2) is 66.0 Å². The Bertz CT molecular complexity index is 1110. The molecule has 3 heterocycles. The molecule has 5 rings (SSSR count). The standard InChI is InChI=1S/C24H24FN3S/c1-17-23(18-7-2-4-9-20(18)26-17)24(22-11-6-16-29-22)28-14-12-27(13-15-28)21-10-5-3-8-19(21)25/h2-11,16,24,26H,12-15H2,1H3/p+1/t24-/m1/s1. The largest absolute Gasteiger partial charge is 0.358 e. The number of aromatic amines is 1. The number of rotatable bonds is 4. The number of aromatic nitrogens is 1. The third kappa shape index (κ3) is 3.34. The van der Waals surface area contributed by atoms with Gasteiger partial charge >= 0.3 is 0 Å². The molecule has 1 atom stereocenters. The molecular formula is C24H25FN3S+. The Balaban J connectivity index is 1.48. The SMILES string of the molecule is Cc1[nH]c2ccccc2c1[C@@H](c1cccs1)[NH+]1CCN(c2ccccc2F)CC1. The molecule has 0 amide bonds. The lowest BCUT2D eigenvalue weighted by Gasteiger charge is -2.37. The van der Waals surface area contributed by atoms with E-state index in [0.717, 1.165) is 31.9 Å². The summed E-state index contributed by atoms with van der Waals surface area (Å²) >= 11 is 1.83. The molecule has 0 saturated carbocycles. The Hall–Kier alpha value is -2.63. The number of fused-ring (bicyclic) bond motifs is 1. The number of benzene rings is 2. The van der Waals surface area contributed by atoms with E-state index in [9.17, 15) is 4.39 Å². The quantitative estimate of drug-likeness (QED) is 0.522. The summed E-state index contributed by atoms with van der Waals surface area (Å²) in [6.45, 7) is 5.87. The van der Waals surface area contributed by atoms with Gasteiger partial charge in [-0.2, -0.15) is 0 Å². The number of quaternary nitrogens is 1. The molecule has 4 aromatic rings. The summed E-state index contributed by atoms with van der Waals surface area (Å²) in [4.78, 5) is 8.71. The molecule has 0 spiro atoms. The normalized spacial score (nSPS) is 16.4. The van der Waals surface area contributed by atoms with Gasteiger partial charge in [-0.25, -0.2) is 4.39 Å². The Morgan fingerprint density at radius 1 is 1.00 bits per heavy atom. The van der Waals surface area contributed by atoms with Crippen LogP contribution in [0.25, 0.3) is 10.9 Å². The fourth-order valence-electron chi connectivity index (χ4n) is 4.71. The van der Waals surface area contributed by atoms with Crippen molar-refractivity contribution in [3.63, 3.8) is 0 Å². The van der Waals surface area contributed by atoms with Crippen molar-refractivity contribution in [2.24, 2.45) is 0 Å². The van der Waals surface area contributed by atoms with Gasteiger partial charge in [0, 0.05) is 22.2 Å². The lowest BCUT2D eigenvalue weighted by molar-refractivity contribution is -0.925. The van der Waals surface area contributed by atoms with Crippen molar-refractivity contribution in [2.75, 3.05) is 31.1 Å². The zero-order valence-corrected chi connectivity index (χ0v) is 17.3. The minimum Gasteiger partial charge on any atom is -0.358 e. The molecule has 5 heteroatoms. The van der Waals surface area contributed by atoms with E-state index >= 15 is 0 Å². The number of anilines is 1. The summed E-state index contributed by atoms with van der Waals surface area (Å²) in [5, 5.41) is 3.48. The summed E-state index contributed by atoms with van der Waals surface area (Å²) in [5.41, 5.74) is 4.57. The smallest absolute Gasteiger partial charge is 0.151 e. The van der Waals surface area contributed by atoms with Crippen molar-refractivity contribution < 1.29 is 9.29 Å². The van der Waals surface area contributed by atoms with Crippen LogP contribution in [0.4, 0.5) is 10.1 Å². The van der Waals surface area contributed by atoms with Gasteiger partial charge in [-0.15, -0.1) is 11.3 Å². The molecular weight excluding hydrogens is 381 g/mol. The maximum atomic E-state index is 14.3. The first-order chi connectivity index (χ1) is 14.2. The van der Waals surface area contributed by atoms with Crippen molar-refractivity contribution in [1.29, 1.82) is 0 Å². The molecule has 148 valence electrons. The topological polar surface area (TPSA) is 23.5 Å². The van der Waals surface area contributed by atoms with E-state index in [1.807, 2.05) is 23.5 Å². The van der Waals surface area contributed by atoms with Gasteiger partial charge in [-0.05, 0) is 36.6 Å². The second-order valence-electron chi connectivity index (χ2n) is 7.75. The summed E-state index contributed by atoms with van der Waals surface area (Å²) in [6, 6.07) is 20.4. The molecule has 0 bridgehead atoms. The molecule has 0 unspecified atom stereocenters. The Morgan fingerprint density at radius 2 is 1.76 bits per heavy atom. The number of thiophene rings is 1. The number of nitrogens with zero attached hydrogens (tertiary/aromatic N) is 1. The van der Waals surface area contributed by atoms with Gasteiger partial charge in [-0.3, -0.25) is 0 Å². The number of piperazine rings is 1. The maximum Gasteiger partial charge on any atom is 0.151 e. The van der Waals surface area contributed by atoms with E-state index in [1.54, 1.807) is 17.0 Å². The van der Waals surface area contributed by atoms with E-state index in [1.165, 1.54) is 27.0 Å². The average molecular weight is 407 g/mol. The number of halogens is 1. The first kappa shape index (κ1) is 18.4. The van der Waals surface area contributed by atoms with Crippen LogP contribution < -0.4 is 9.80 Å². The Morgan fingerprint density at radius 3 is 2.52 bits per heavy atom. The Kier molecular flexibility index (Phi) is 4.86. The number of para-hydroxylation sites is 2. The third-order valence-electron chi connectivity index (χ3n) is 6.07. The van der Waals surface area contributed by atoms with Gasteiger partial charge in [0.25, 0.3) is 0 Å². The van der Waals surface area contributed by atoms with Gasteiger partial charge in [0.15, 0.2) is 6.04 Å². The molecule has 0 aliphatic carbocycles. The van der Waals surface area contributed by atoms with Crippen molar-refractivity contribution >= 4 is 27.9 Å². The third-order valence-corrected chi connectivity index (χ3v) is 7.00. The Labute approximate surface area is 174 Å². The highest BCUT2D eigenvalue weighted by Crippen LogP contribution is 2.32. The van der Waals surface area contributed by atoms with Crippen LogP contribution in [0.2, 0.25) is 0 Å². The molecule has 2 N–H and O–H groups in total. The van der Waals surface area contributed by atoms with Gasteiger partial charge in [0.1, 0.15) is 5.82 Å². The van der Waals surface area contributed by atoms with Crippen LogP contribution in [0, 0.1) is 12.7 Å². The van der Waals surface area contributed by atoms with Gasteiger partial charge in [0.2, 0.25) is 0 Å². The lowest BCUT2D eigenvalue weighted by atomic mass is 9.99. The van der Waals surface area contributed by atoms with Gasteiger partial charge in [0.05, 0.1) is 36.7 Å². The minimum absolute atomic E-state index is 0.127. The summed E-state index contributed by atoms with van der Waals surface area (Å²) in [5.74, 6) is -0.127. The predicted molar refractivity (Wildman–Crippen MR) is 119 cm³/mol. The molecule has 0 radical (unpaired) electrons. The number of nitrogens with one attached hydrogen (secondary N) is 2.